The Labute approximate surface area is 167 Å². The van der Waals surface area contributed by atoms with Gasteiger partial charge in [0.15, 0.2) is 0 Å². The molecule has 0 bridgehead atoms. The lowest BCUT2D eigenvalue weighted by molar-refractivity contribution is -0.123. The molecule has 6 nitrogen and oxygen atoms in total. The van der Waals surface area contributed by atoms with Crippen LogP contribution in [0, 0.1) is 0 Å². The van der Waals surface area contributed by atoms with Crippen molar-refractivity contribution in [3.63, 3.8) is 0 Å². The minimum absolute atomic E-state index is 0.214. The molecule has 1 fully saturated rings. The van der Waals surface area contributed by atoms with Crippen molar-refractivity contribution >= 4 is 33.4 Å². The Balaban J connectivity index is 1.31. The van der Waals surface area contributed by atoms with Crippen LogP contribution in [0.15, 0.2) is 54.6 Å². The molecule has 0 radical (unpaired) electrons. The van der Waals surface area contributed by atoms with Crippen LogP contribution in [0.5, 0.6) is 0 Å². The summed E-state index contributed by atoms with van der Waals surface area (Å²) in [6, 6.07) is 17.0. The molecule has 0 aliphatic carbocycles. The molecule has 2 N–H and O–H groups in total. The lowest BCUT2D eigenvalue weighted by Crippen LogP contribution is -2.48. The Bertz CT molecular complexity index is 940. The summed E-state index contributed by atoms with van der Waals surface area (Å²) < 4.78 is 1.20. The van der Waals surface area contributed by atoms with E-state index in [-0.39, 0.29) is 18.4 Å². The van der Waals surface area contributed by atoms with Crippen molar-refractivity contribution in [3.8, 4) is 0 Å². The highest BCUT2D eigenvalue weighted by Gasteiger charge is 2.25. The summed E-state index contributed by atoms with van der Waals surface area (Å²) in [7, 11) is 0. The molecule has 1 aliphatic heterocycles. The number of aromatic nitrogens is 1. The highest BCUT2D eigenvalue weighted by atomic mass is 32.1. The van der Waals surface area contributed by atoms with Crippen LogP contribution in [0.1, 0.15) is 34.1 Å². The van der Waals surface area contributed by atoms with Crippen LogP contribution in [0.3, 0.4) is 0 Å². The van der Waals surface area contributed by atoms with Crippen molar-refractivity contribution in [2.24, 2.45) is 0 Å². The Morgan fingerprint density at radius 1 is 1.07 bits per heavy atom. The van der Waals surface area contributed by atoms with Gasteiger partial charge in [0.1, 0.15) is 0 Å². The fraction of sp³-hybridized carbons (Fsp3) is 0.286. The molecule has 144 valence electrons. The third kappa shape index (κ3) is 4.37. The first-order valence-corrected chi connectivity index (χ1v) is 10.2. The molecule has 2 aromatic carbocycles. The number of hydrazine groups is 1. The SMILES string of the molecule is O=C(CN1CCC[C@H](c2nc3ccccc3s2)C1)NNC(=O)c1ccccc1. The highest BCUT2D eigenvalue weighted by Crippen LogP contribution is 2.32. The number of carbonyl (C=O) groups excluding carboxylic acids is 2. The van der Waals surface area contributed by atoms with E-state index < -0.39 is 0 Å². The normalized spacial score (nSPS) is 17.4. The quantitative estimate of drug-likeness (QED) is 0.668. The molecular formula is C21H22N4O2S. The van der Waals surface area contributed by atoms with Gasteiger partial charge < -0.3 is 0 Å². The number of hydrogen-bond donors (Lipinski definition) is 2. The maximum absolute atomic E-state index is 12.3. The second-order valence-corrected chi connectivity index (χ2v) is 8.02. The minimum Gasteiger partial charge on any atom is -0.294 e. The summed E-state index contributed by atoms with van der Waals surface area (Å²) in [4.78, 5) is 31.2. The Morgan fingerprint density at radius 3 is 2.68 bits per heavy atom. The van der Waals surface area contributed by atoms with Crippen LogP contribution in [0.4, 0.5) is 0 Å². The maximum atomic E-state index is 12.3. The maximum Gasteiger partial charge on any atom is 0.269 e. The van der Waals surface area contributed by atoms with Gasteiger partial charge >= 0.3 is 0 Å². The van der Waals surface area contributed by atoms with Crippen LogP contribution in [-0.2, 0) is 4.79 Å². The molecule has 1 saturated heterocycles. The first-order chi connectivity index (χ1) is 13.7. The van der Waals surface area contributed by atoms with E-state index in [4.69, 9.17) is 4.98 Å². The van der Waals surface area contributed by atoms with Gasteiger partial charge in [-0.25, -0.2) is 4.98 Å². The first-order valence-electron chi connectivity index (χ1n) is 9.41. The van der Waals surface area contributed by atoms with Crippen molar-refractivity contribution in [2.75, 3.05) is 19.6 Å². The Morgan fingerprint density at radius 2 is 1.86 bits per heavy atom. The molecule has 2 heterocycles. The molecular weight excluding hydrogens is 372 g/mol. The zero-order chi connectivity index (χ0) is 19.3. The van der Waals surface area contributed by atoms with E-state index in [1.807, 2.05) is 24.3 Å². The van der Waals surface area contributed by atoms with Gasteiger partial charge in [0.05, 0.1) is 21.8 Å². The van der Waals surface area contributed by atoms with E-state index in [1.54, 1.807) is 35.6 Å². The fourth-order valence-electron chi connectivity index (χ4n) is 3.50. The number of nitrogens with zero attached hydrogens (tertiary/aromatic N) is 2. The molecule has 28 heavy (non-hydrogen) atoms. The van der Waals surface area contributed by atoms with Gasteiger partial charge in [-0.2, -0.15) is 0 Å². The third-order valence-corrected chi connectivity index (χ3v) is 6.08. The predicted octanol–water partition coefficient (Wildman–Crippen LogP) is 2.94. The lowest BCUT2D eigenvalue weighted by atomic mass is 9.99. The summed E-state index contributed by atoms with van der Waals surface area (Å²) in [6.07, 6.45) is 2.12. The van der Waals surface area contributed by atoms with Crippen LogP contribution >= 0.6 is 11.3 Å². The van der Waals surface area contributed by atoms with E-state index in [1.165, 1.54) is 4.70 Å². The molecule has 0 saturated carbocycles. The number of carbonyl (C=O) groups is 2. The van der Waals surface area contributed by atoms with Crippen molar-refractivity contribution in [3.05, 3.63) is 65.2 Å². The number of hydrogen-bond acceptors (Lipinski definition) is 5. The van der Waals surface area contributed by atoms with Gasteiger partial charge in [0, 0.05) is 18.0 Å². The molecule has 2 amide bonds. The number of fused-ring (bicyclic) bond motifs is 1. The van der Waals surface area contributed by atoms with Gasteiger partial charge in [-0.3, -0.25) is 25.3 Å². The zero-order valence-corrected chi connectivity index (χ0v) is 16.2. The highest BCUT2D eigenvalue weighted by molar-refractivity contribution is 7.18. The predicted molar refractivity (Wildman–Crippen MR) is 110 cm³/mol. The van der Waals surface area contributed by atoms with Crippen molar-refractivity contribution in [1.82, 2.24) is 20.7 Å². The number of thiazole rings is 1. The fourth-order valence-corrected chi connectivity index (χ4v) is 4.59. The van der Waals surface area contributed by atoms with Crippen LogP contribution in [0.2, 0.25) is 0 Å². The summed E-state index contributed by atoms with van der Waals surface area (Å²) in [5, 5.41) is 1.14. The van der Waals surface area contributed by atoms with Gasteiger partial charge in [-0.1, -0.05) is 30.3 Å². The number of nitrogens with one attached hydrogen (secondary N) is 2. The van der Waals surface area contributed by atoms with E-state index in [9.17, 15) is 9.59 Å². The molecule has 1 aromatic heterocycles. The van der Waals surface area contributed by atoms with E-state index >= 15 is 0 Å². The molecule has 0 unspecified atom stereocenters. The Hall–Kier alpha value is -2.77. The average molecular weight is 395 g/mol. The van der Waals surface area contributed by atoms with Crippen molar-refractivity contribution in [2.45, 2.75) is 18.8 Å². The second-order valence-electron chi connectivity index (χ2n) is 6.96. The standard InChI is InChI=1S/C21H22N4O2S/c26-19(23-24-20(27)15-7-2-1-3-8-15)14-25-12-6-9-16(13-25)21-22-17-10-4-5-11-18(17)28-21/h1-5,7-8,10-11,16H,6,9,12-14H2,(H,23,26)(H,24,27)/t16-/m0/s1. The Kier molecular flexibility index (Phi) is 5.64. The van der Waals surface area contributed by atoms with E-state index in [0.717, 1.165) is 36.5 Å². The summed E-state index contributed by atoms with van der Waals surface area (Å²) in [6.45, 7) is 1.94. The van der Waals surface area contributed by atoms with Gasteiger partial charge in [0.2, 0.25) is 0 Å². The molecule has 0 spiro atoms. The van der Waals surface area contributed by atoms with Crippen molar-refractivity contribution < 1.29 is 9.59 Å². The summed E-state index contributed by atoms with van der Waals surface area (Å²) in [5.41, 5.74) is 6.54. The number of benzene rings is 2. The number of likely N-dealkylation sites (tertiary alicyclic amines) is 1. The second kappa shape index (κ2) is 8.50. The average Bonchev–Trinajstić information content (AvgIpc) is 3.17. The van der Waals surface area contributed by atoms with Gasteiger partial charge in [-0.15, -0.1) is 11.3 Å². The number of piperidine rings is 1. The third-order valence-electron chi connectivity index (χ3n) is 4.88. The molecule has 1 atom stereocenters. The topological polar surface area (TPSA) is 74.3 Å². The van der Waals surface area contributed by atoms with E-state index in [0.29, 0.717) is 11.5 Å². The smallest absolute Gasteiger partial charge is 0.269 e. The molecule has 1 aliphatic rings. The largest absolute Gasteiger partial charge is 0.294 e. The lowest BCUT2D eigenvalue weighted by Gasteiger charge is -2.31. The van der Waals surface area contributed by atoms with E-state index in [2.05, 4.69) is 21.8 Å². The molecule has 7 heteroatoms. The summed E-state index contributed by atoms with van der Waals surface area (Å²) >= 11 is 1.74. The summed E-state index contributed by atoms with van der Waals surface area (Å²) in [5.74, 6) is -0.188. The van der Waals surface area contributed by atoms with Crippen LogP contribution in [-0.4, -0.2) is 41.3 Å². The van der Waals surface area contributed by atoms with Crippen LogP contribution in [0.25, 0.3) is 10.2 Å². The minimum atomic E-state index is -0.319. The monoisotopic (exact) mass is 394 g/mol. The van der Waals surface area contributed by atoms with Crippen LogP contribution < -0.4 is 10.9 Å². The van der Waals surface area contributed by atoms with Crippen molar-refractivity contribution in [1.29, 1.82) is 0 Å². The molecule has 4 rings (SSSR count). The van der Waals surface area contributed by atoms with Gasteiger partial charge in [-0.05, 0) is 43.7 Å². The first kappa shape index (κ1) is 18.6. The molecule has 3 aromatic rings. The number of para-hydroxylation sites is 1. The van der Waals surface area contributed by atoms with Gasteiger partial charge in [0.25, 0.3) is 11.8 Å². The zero-order valence-electron chi connectivity index (χ0n) is 15.4. The number of amides is 2. The number of rotatable bonds is 4.